The Kier molecular flexibility index (Phi) is 6.13. The second-order valence-electron chi connectivity index (χ2n) is 7.74. The van der Waals surface area contributed by atoms with Crippen LogP contribution in [0.25, 0.3) is 0 Å². The number of amides is 3. The van der Waals surface area contributed by atoms with Crippen LogP contribution < -0.4 is 15.0 Å². The van der Waals surface area contributed by atoms with E-state index >= 15 is 0 Å². The molecule has 0 saturated carbocycles. The summed E-state index contributed by atoms with van der Waals surface area (Å²) in [6.45, 7) is 3.04. The Morgan fingerprint density at radius 1 is 1.13 bits per heavy atom. The van der Waals surface area contributed by atoms with Crippen LogP contribution in [0.3, 0.4) is 0 Å². The highest BCUT2D eigenvalue weighted by molar-refractivity contribution is 6.34. The van der Waals surface area contributed by atoms with Gasteiger partial charge in [-0.3, -0.25) is 19.3 Å². The zero-order valence-corrected chi connectivity index (χ0v) is 18.0. The van der Waals surface area contributed by atoms with Gasteiger partial charge in [0.2, 0.25) is 5.91 Å². The molecule has 0 aliphatic carbocycles. The lowest BCUT2D eigenvalue weighted by Crippen LogP contribution is -2.50. The van der Waals surface area contributed by atoms with Gasteiger partial charge in [0.15, 0.2) is 6.10 Å². The number of anilines is 2. The third-order valence-electron chi connectivity index (χ3n) is 5.55. The normalized spacial score (nSPS) is 18.3. The largest absolute Gasteiger partial charge is 0.479 e. The van der Waals surface area contributed by atoms with Crippen LogP contribution in [0.2, 0.25) is 5.02 Å². The monoisotopic (exact) mass is 441 g/mol. The highest BCUT2D eigenvalue weighted by Gasteiger charge is 2.34. The first kappa shape index (κ1) is 21.2. The van der Waals surface area contributed by atoms with E-state index in [2.05, 4.69) is 5.32 Å². The number of benzene rings is 2. The summed E-state index contributed by atoms with van der Waals surface area (Å²) in [6, 6.07) is 11.8. The molecule has 7 nitrogen and oxygen atoms in total. The van der Waals surface area contributed by atoms with E-state index in [9.17, 15) is 14.4 Å². The van der Waals surface area contributed by atoms with E-state index in [0.29, 0.717) is 40.8 Å². The maximum absolute atomic E-state index is 12.8. The molecule has 3 amide bonds. The predicted molar refractivity (Wildman–Crippen MR) is 119 cm³/mol. The molecule has 1 fully saturated rings. The number of fused-ring (bicyclic) bond motifs is 1. The molecule has 0 radical (unpaired) electrons. The van der Waals surface area contributed by atoms with Crippen molar-refractivity contribution in [3.63, 3.8) is 0 Å². The van der Waals surface area contributed by atoms with Crippen molar-refractivity contribution in [1.82, 2.24) is 4.90 Å². The zero-order chi connectivity index (χ0) is 22.0. The van der Waals surface area contributed by atoms with E-state index in [4.69, 9.17) is 16.3 Å². The Hall–Kier alpha value is -3.06. The lowest BCUT2D eigenvalue weighted by atomic mass is 10.1. The van der Waals surface area contributed by atoms with E-state index in [1.165, 1.54) is 4.90 Å². The highest BCUT2D eigenvalue weighted by atomic mass is 35.5. The summed E-state index contributed by atoms with van der Waals surface area (Å²) in [6.07, 6.45) is 2.39. The van der Waals surface area contributed by atoms with Crippen LogP contribution in [0.1, 0.15) is 36.5 Å². The van der Waals surface area contributed by atoms with Gasteiger partial charge >= 0.3 is 0 Å². The molecule has 0 spiro atoms. The fourth-order valence-corrected chi connectivity index (χ4v) is 4.09. The maximum atomic E-state index is 12.8. The molecule has 2 heterocycles. The van der Waals surface area contributed by atoms with Crippen LogP contribution in [0.4, 0.5) is 11.4 Å². The van der Waals surface area contributed by atoms with Gasteiger partial charge in [0.05, 0.1) is 16.3 Å². The number of likely N-dealkylation sites (tertiary alicyclic amines) is 1. The number of hydrogen-bond donors (Lipinski definition) is 1. The first-order valence-electron chi connectivity index (χ1n) is 10.4. The molecule has 1 N–H and O–H groups in total. The molecule has 2 aliphatic heterocycles. The minimum absolute atomic E-state index is 0.0541. The summed E-state index contributed by atoms with van der Waals surface area (Å²) in [4.78, 5) is 41.5. The summed E-state index contributed by atoms with van der Waals surface area (Å²) in [5.74, 6) is -0.238. The number of rotatable bonds is 4. The van der Waals surface area contributed by atoms with Crippen molar-refractivity contribution >= 4 is 40.7 Å². The van der Waals surface area contributed by atoms with Crippen molar-refractivity contribution in [2.45, 2.75) is 32.3 Å². The zero-order valence-electron chi connectivity index (χ0n) is 17.3. The first-order valence-corrected chi connectivity index (χ1v) is 10.8. The van der Waals surface area contributed by atoms with Gasteiger partial charge in [-0.25, -0.2) is 0 Å². The van der Waals surface area contributed by atoms with Crippen molar-refractivity contribution in [2.24, 2.45) is 0 Å². The van der Waals surface area contributed by atoms with Gasteiger partial charge in [0.1, 0.15) is 12.3 Å². The number of nitrogens with one attached hydrogen (secondary N) is 1. The van der Waals surface area contributed by atoms with Crippen molar-refractivity contribution in [3.8, 4) is 5.75 Å². The van der Waals surface area contributed by atoms with Gasteiger partial charge in [-0.2, -0.15) is 0 Å². The van der Waals surface area contributed by atoms with Crippen molar-refractivity contribution in [1.29, 1.82) is 0 Å². The number of carbonyl (C=O) groups excluding carboxylic acids is 3. The Labute approximate surface area is 185 Å². The minimum Gasteiger partial charge on any atom is -0.479 e. The summed E-state index contributed by atoms with van der Waals surface area (Å²) in [7, 11) is 0. The van der Waals surface area contributed by atoms with Gasteiger partial charge in [-0.15, -0.1) is 0 Å². The molecule has 1 unspecified atom stereocenters. The van der Waals surface area contributed by atoms with Crippen molar-refractivity contribution in [3.05, 3.63) is 53.1 Å². The summed E-state index contributed by atoms with van der Waals surface area (Å²) >= 11 is 6.11. The van der Waals surface area contributed by atoms with Crippen LogP contribution >= 0.6 is 11.6 Å². The van der Waals surface area contributed by atoms with Crippen LogP contribution in [0.5, 0.6) is 5.75 Å². The van der Waals surface area contributed by atoms with E-state index < -0.39 is 6.10 Å². The average Bonchev–Trinajstić information content (AvgIpc) is 2.78. The van der Waals surface area contributed by atoms with Crippen LogP contribution in [-0.2, 0) is 9.59 Å². The Morgan fingerprint density at radius 3 is 2.61 bits per heavy atom. The fraction of sp³-hybridized carbons (Fsp3) is 0.348. The molecule has 31 heavy (non-hydrogen) atoms. The minimum atomic E-state index is -0.690. The molecule has 0 bridgehead atoms. The molecular formula is C23H24ClN3O4. The van der Waals surface area contributed by atoms with Crippen LogP contribution in [-0.4, -0.2) is 48.4 Å². The van der Waals surface area contributed by atoms with Crippen molar-refractivity contribution < 1.29 is 19.1 Å². The quantitative estimate of drug-likeness (QED) is 0.784. The molecule has 2 aromatic carbocycles. The van der Waals surface area contributed by atoms with Gasteiger partial charge in [0.25, 0.3) is 11.8 Å². The number of nitrogens with zero attached hydrogens (tertiary/aromatic N) is 2. The van der Waals surface area contributed by atoms with Crippen LogP contribution in [0, 0.1) is 0 Å². The van der Waals surface area contributed by atoms with E-state index in [1.54, 1.807) is 54.3 Å². The van der Waals surface area contributed by atoms with Gasteiger partial charge in [0, 0.05) is 18.8 Å². The van der Waals surface area contributed by atoms with Crippen molar-refractivity contribution in [2.75, 3.05) is 29.9 Å². The van der Waals surface area contributed by atoms with E-state index in [-0.39, 0.29) is 24.3 Å². The number of carbonyl (C=O) groups is 3. The number of halogens is 1. The number of piperidine rings is 1. The van der Waals surface area contributed by atoms with Gasteiger partial charge in [-0.1, -0.05) is 23.7 Å². The average molecular weight is 442 g/mol. The SMILES string of the molecule is CC1Oc2ccc(NC(=O)c3ccccc3Cl)cc2N(CC(=O)N2CCCCC2)C1=O. The lowest BCUT2D eigenvalue weighted by molar-refractivity contribution is -0.133. The first-order chi connectivity index (χ1) is 14.9. The molecule has 4 rings (SSSR count). The highest BCUT2D eigenvalue weighted by Crippen LogP contribution is 2.36. The Morgan fingerprint density at radius 2 is 1.87 bits per heavy atom. The molecule has 0 aromatic heterocycles. The summed E-state index contributed by atoms with van der Waals surface area (Å²) < 4.78 is 5.72. The Bertz CT molecular complexity index is 1020. The Balaban J connectivity index is 1.58. The van der Waals surface area contributed by atoms with Gasteiger partial charge < -0.3 is 15.0 Å². The smallest absolute Gasteiger partial charge is 0.268 e. The molecule has 8 heteroatoms. The molecule has 162 valence electrons. The molecular weight excluding hydrogens is 418 g/mol. The number of ether oxygens (including phenoxy) is 1. The predicted octanol–water partition coefficient (Wildman–Crippen LogP) is 3.72. The lowest BCUT2D eigenvalue weighted by Gasteiger charge is -2.35. The fourth-order valence-electron chi connectivity index (χ4n) is 3.87. The van der Waals surface area contributed by atoms with Gasteiger partial charge in [-0.05, 0) is 56.5 Å². The summed E-state index contributed by atoms with van der Waals surface area (Å²) in [5, 5.41) is 3.15. The standard InChI is InChI=1S/C23H24ClN3O4/c1-15-23(30)27(14-21(28)26-11-5-2-6-12-26)19-13-16(9-10-20(19)31-15)25-22(29)17-7-3-4-8-18(17)24/h3-4,7-10,13,15H,2,5-6,11-12,14H2,1H3,(H,25,29). The molecule has 2 aromatic rings. The second kappa shape index (κ2) is 8.98. The molecule has 2 aliphatic rings. The molecule has 1 atom stereocenters. The third-order valence-corrected chi connectivity index (χ3v) is 5.88. The second-order valence-corrected chi connectivity index (χ2v) is 8.15. The third kappa shape index (κ3) is 4.51. The van der Waals surface area contributed by atoms with Crippen LogP contribution in [0.15, 0.2) is 42.5 Å². The summed E-state index contributed by atoms with van der Waals surface area (Å²) in [5.41, 5.74) is 1.29. The van der Waals surface area contributed by atoms with E-state index in [0.717, 1.165) is 19.3 Å². The maximum Gasteiger partial charge on any atom is 0.268 e. The topological polar surface area (TPSA) is 79.0 Å². The molecule has 1 saturated heterocycles. The van der Waals surface area contributed by atoms with E-state index in [1.807, 2.05) is 0 Å². The number of hydrogen-bond acceptors (Lipinski definition) is 4.